The minimum atomic E-state index is -0.470. The highest BCUT2D eigenvalue weighted by atomic mass is 32.2. The molecule has 9 nitrogen and oxygen atoms in total. The van der Waals surface area contributed by atoms with E-state index >= 15 is 0 Å². The van der Waals surface area contributed by atoms with Crippen LogP contribution in [0.25, 0.3) is 5.69 Å². The summed E-state index contributed by atoms with van der Waals surface area (Å²) in [5.74, 6) is 0.630. The Balaban J connectivity index is 1.84. The average molecular weight is 414 g/mol. The molecule has 29 heavy (non-hydrogen) atoms. The fourth-order valence-electron chi connectivity index (χ4n) is 2.49. The van der Waals surface area contributed by atoms with Gasteiger partial charge in [0.1, 0.15) is 17.6 Å². The van der Waals surface area contributed by atoms with Crippen molar-refractivity contribution >= 4 is 23.4 Å². The summed E-state index contributed by atoms with van der Waals surface area (Å²) in [5.41, 5.74) is 0.805. The maximum Gasteiger partial charge on any atom is 0.318 e. The minimum Gasteiger partial charge on any atom is -0.486 e. The van der Waals surface area contributed by atoms with Crippen LogP contribution < -0.4 is 4.74 Å². The van der Waals surface area contributed by atoms with E-state index in [-0.39, 0.29) is 18.3 Å². The highest BCUT2D eigenvalue weighted by Crippen LogP contribution is 2.27. The fraction of sp³-hybridized carbons (Fsp3) is 0.211. The quantitative estimate of drug-likeness (QED) is 0.239. The Bertz CT molecular complexity index is 992. The van der Waals surface area contributed by atoms with Gasteiger partial charge in [-0.2, -0.15) is 0 Å². The van der Waals surface area contributed by atoms with Crippen LogP contribution in [0.2, 0.25) is 0 Å². The third kappa shape index (κ3) is 4.91. The molecule has 2 aromatic carbocycles. The van der Waals surface area contributed by atoms with E-state index in [4.69, 9.17) is 9.47 Å². The van der Waals surface area contributed by atoms with E-state index in [0.29, 0.717) is 16.7 Å². The molecular formula is C19H18N4O5S. The van der Waals surface area contributed by atoms with Crippen LogP contribution in [0.4, 0.5) is 5.69 Å². The zero-order chi connectivity index (χ0) is 20.8. The molecule has 0 saturated carbocycles. The van der Waals surface area contributed by atoms with Crippen LogP contribution in [0.15, 0.2) is 59.8 Å². The van der Waals surface area contributed by atoms with Crippen molar-refractivity contribution in [1.82, 2.24) is 14.8 Å². The van der Waals surface area contributed by atoms with Crippen molar-refractivity contribution in [1.29, 1.82) is 0 Å². The van der Waals surface area contributed by atoms with Gasteiger partial charge in [-0.15, -0.1) is 10.2 Å². The fourth-order valence-corrected chi connectivity index (χ4v) is 3.40. The molecule has 3 aromatic rings. The Kier molecular flexibility index (Phi) is 6.45. The van der Waals surface area contributed by atoms with Crippen molar-refractivity contribution in [2.75, 3.05) is 7.11 Å². The van der Waals surface area contributed by atoms with Gasteiger partial charge in [-0.1, -0.05) is 30.0 Å². The van der Waals surface area contributed by atoms with Gasteiger partial charge in [0.15, 0.2) is 11.0 Å². The Morgan fingerprint density at radius 1 is 1.17 bits per heavy atom. The summed E-state index contributed by atoms with van der Waals surface area (Å²) in [7, 11) is 1.34. The monoisotopic (exact) mass is 414 g/mol. The van der Waals surface area contributed by atoms with Crippen LogP contribution in [-0.4, -0.2) is 38.0 Å². The van der Waals surface area contributed by atoms with E-state index < -0.39 is 10.2 Å². The van der Waals surface area contributed by atoms with Gasteiger partial charge >= 0.3 is 5.97 Å². The highest BCUT2D eigenvalue weighted by molar-refractivity contribution is 8.00. The standard InChI is InChI=1S/C19H18N4O5S/c1-13(18(24)27-2)29-19-21-20-17(22(19)14-6-4-3-5-7-14)12-28-16-10-8-15(9-11-16)23(25)26/h3-11,13H,12H2,1-2H3. The molecule has 0 aliphatic heterocycles. The Morgan fingerprint density at radius 3 is 2.48 bits per heavy atom. The number of methoxy groups -OCH3 is 1. The number of para-hydroxylation sites is 1. The predicted molar refractivity (Wildman–Crippen MR) is 106 cm³/mol. The zero-order valence-electron chi connectivity index (χ0n) is 15.7. The van der Waals surface area contributed by atoms with E-state index in [1.165, 1.54) is 43.1 Å². The first-order valence-electron chi connectivity index (χ1n) is 8.61. The van der Waals surface area contributed by atoms with Crippen LogP contribution in [-0.2, 0) is 16.1 Å². The highest BCUT2D eigenvalue weighted by Gasteiger charge is 2.21. The van der Waals surface area contributed by atoms with Crippen LogP contribution in [0, 0.1) is 10.1 Å². The molecule has 1 atom stereocenters. The molecule has 1 unspecified atom stereocenters. The second-order valence-corrected chi connectivity index (χ2v) is 7.20. The summed E-state index contributed by atoms with van der Waals surface area (Å²) in [4.78, 5) is 22.1. The van der Waals surface area contributed by atoms with Gasteiger partial charge in [-0.3, -0.25) is 19.5 Å². The van der Waals surface area contributed by atoms with Crippen LogP contribution >= 0.6 is 11.8 Å². The van der Waals surface area contributed by atoms with Gasteiger partial charge in [0, 0.05) is 17.8 Å². The molecule has 0 fully saturated rings. The van der Waals surface area contributed by atoms with E-state index in [1.807, 2.05) is 30.3 Å². The molecule has 0 radical (unpaired) electrons. The van der Waals surface area contributed by atoms with Gasteiger partial charge in [-0.25, -0.2) is 0 Å². The minimum absolute atomic E-state index is 0.0136. The number of non-ortho nitro benzene ring substituents is 1. The number of nitrogens with zero attached hydrogens (tertiary/aromatic N) is 4. The Morgan fingerprint density at radius 2 is 1.86 bits per heavy atom. The number of hydrogen-bond donors (Lipinski definition) is 0. The number of ether oxygens (including phenoxy) is 2. The lowest BCUT2D eigenvalue weighted by Crippen LogP contribution is -2.16. The van der Waals surface area contributed by atoms with Crippen LogP contribution in [0.1, 0.15) is 12.7 Å². The first kappa shape index (κ1) is 20.3. The van der Waals surface area contributed by atoms with Crippen molar-refractivity contribution in [3.8, 4) is 11.4 Å². The van der Waals surface area contributed by atoms with Gasteiger partial charge in [-0.05, 0) is 31.2 Å². The van der Waals surface area contributed by atoms with E-state index in [1.54, 1.807) is 11.5 Å². The number of rotatable bonds is 8. The van der Waals surface area contributed by atoms with Crippen molar-refractivity contribution < 1.29 is 19.2 Å². The summed E-state index contributed by atoms with van der Waals surface area (Å²) in [5, 5.41) is 19.2. The molecule has 0 amide bonds. The number of carbonyl (C=O) groups excluding carboxylic acids is 1. The van der Waals surface area contributed by atoms with Crippen LogP contribution in [0.3, 0.4) is 0 Å². The molecule has 0 saturated heterocycles. The molecule has 150 valence electrons. The van der Waals surface area contributed by atoms with Crippen molar-refractivity contribution in [3.63, 3.8) is 0 Å². The largest absolute Gasteiger partial charge is 0.486 e. The smallest absolute Gasteiger partial charge is 0.318 e. The Labute approximate surface area is 170 Å². The number of carbonyl (C=O) groups is 1. The molecule has 10 heteroatoms. The first-order chi connectivity index (χ1) is 14.0. The van der Waals surface area contributed by atoms with Crippen LogP contribution in [0.5, 0.6) is 5.75 Å². The summed E-state index contributed by atoms with van der Waals surface area (Å²) in [6.45, 7) is 1.82. The zero-order valence-corrected chi connectivity index (χ0v) is 16.5. The summed E-state index contributed by atoms with van der Waals surface area (Å²) < 4.78 is 12.3. The number of benzene rings is 2. The van der Waals surface area contributed by atoms with Gasteiger partial charge in [0.25, 0.3) is 5.69 Å². The van der Waals surface area contributed by atoms with E-state index in [2.05, 4.69) is 10.2 Å². The lowest BCUT2D eigenvalue weighted by molar-refractivity contribution is -0.384. The molecule has 1 aromatic heterocycles. The normalized spacial score (nSPS) is 11.7. The number of hydrogen-bond acceptors (Lipinski definition) is 8. The second kappa shape index (κ2) is 9.20. The molecule has 1 heterocycles. The van der Waals surface area contributed by atoms with Gasteiger partial charge < -0.3 is 9.47 Å². The number of thioether (sulfide) groups is 1. The topological polar surface area (TPSA) is 109 Å². The lowest BCUT2D eigenvalue weighted by Gasteiger charge is -2.13. The van der Waals surface area contributed by atoms with E-state index in [9.17, 15) is 14.9 Å². The number of esters is 1. The SMILES string of the molecule is COC(=O)C(C)Sc1nnc(COc2ccc([N+](=O)[O-])cc2)n1-c1ccccc1. The first-order valence-corrected chi connectivity index (χ1v) is 9.49. The molecule has 0 spiro atoms. The van der Waals surface area contributed by atoms with Crippen molar-refractivity contribution in [3.05, 3.63) is 70.5 Å². The van der Waals surface area contributed by atoms with Gasteiger partial charge in [0.2, 0.25) is 0 Å². The number of aromatic nitrogens is 3. The average Bonchev–Trinajstić information content (AvgIpc) is 3.14. The van der Waals surface area contributed by atoms with E-state index in [0.717, 1.165) is 5.69 Å². The number of nitro benzene ring substituents is 1. The summed E-state index contributed by atoms with van der Waals surface area (Å²) >= 11 is 1.23. The lowest BCUT2D eigenvalue weighted by atomic mass is 10.3. The summed E-state index contributed by atoms with van der Waals surface area (Å²) in [6, 6.07) is 15.2. The summed E-state index contributed by atoms with van der Waals surface area (Å²) in [6.07, 6.45) is 0. The molecule has 3 rings (SSSR count). The third-order valence-corrected chi connectivity index (χ3v) is 4.97. The predicted octanol–water partition coefficient (Wildman–Crippen LogP) is 3.41. The number of nitro groups is 1. The molecular weight excluding hydrogens is 396 g/mol. The molecule has 0 bridgehead atoms. The maximum absolute atomic E-state index is 11.8. The van der Waals surface area contributed by atoms with Crippen molar-refractivity contribution in [2.24, 2.45) is 0 Å². The molecule has 0 aliphatic rings. The Hall–Kier alpha value is -3.40. The third-order valence-electron chi connectivity index (χ3n) is 3.95. The maximum atomic E-state index is 11.8. The molecule has 0 aliphatic carbocycles. The second-order valence-electron chi connectivity index (χ2n) is 5.89. The molecule has 0 N–H and O–H groups in total. The van der Waals surface area contributed by atoms with Gasteiger partial charge in [0.05, 0.1) is 12.0 Å². The van der Waals surface area contributed by atoms with Crippen molar-refractivity contribution in [2.45, 2.75) is 23.9 Å².